The normalized spacial score (nSPS) is 12.4. The quantitative estimate of drug-likeness (QED) is 0.655. The summed E-state index contributed by atoms with van der Waals surface area (Å²) in [6.07, 6.45) is 1.06. The van der Waals surface area contributed by atoms with Crippen molar-refractivity contribution < 1.29 is 0 Å². The van der Waals surface area contributed by atoms with Crippen molar-refractivity contribution in [3.8, 4) is 0 Å². The van der Waals surface area contributed by atoms with Crippen LogP contribution in [0.25, 0.3) is 0 Å². The van der Waals surface area contributed by atoms with Crippen molar-refractivity contribution in [2.45, 2.75) is 40.2 Å². The summed E-state index contributed by atoms with van der Waals surface area (Å²) in [4.78, 5) is 0. The van der Waals surface area contributed by atoms with Crippen LogP contribution >= 0.6 is 0 Å². The average molecular weight is 268 g/mol. The van der Waals surface area contributed by atoms with Gasteiger partial charge in [-0.3, -0.25) is 5.84 Å². The molecular weight excluding hydrogens is 244 g/mol. The lowest BCUT2D eigenvalue weighted by Gasteiger charge is -2.22. The Labute approximate surface area is 122 Å². The highest BCUT2D eigenvalue weighted by molar-refractivity contribution is 5.44. The number of benzene rings is 2. The molecule has 0 aromatic heterocycles. The molecule has 0 radical (unpaired) electrons. The van der Waals surface area contributed by atoms with Gasteiger partial charge in [0.1, 0.15) is 0 Å². The third kappa shape index (κ3) is 2.92. The Bertz CT molecular complexity index is 562. The largest absolute Gasteiger partial charge is 0.271 e. The summed E-state index contributed by atoms with van der Waals surface area (Å²) in [5, 5.41) is 0. The van der Waals surface area contributed by atoms with E-state index in [-0.39, 0.29) is 6.04 Å². The van der Waals surface area contributed by atoms with Crippen LogP contribution in [0.5, 0.6) is 0 Å². The summed E-state index contributed by atoms with van der Waals surface area (Å²) in [5.41, 5.74) is 10.7. The van der Waals surface area contributed by atoms with Crippen LogP contribution in [0.2, 0.25) is 0 Å². The number of aryl methyl sites for hydroxylation is 4. The third-order valence-electron chi connectivity index (χ3n) is 3.91. The Hall–Kier alpha value is -1.64. The topological polar surface area (TPSA) is 38.0 Å². The van der Waals surface area contributed by atoms with E-state index in [1.165, 1.54) is 33.4 Å². The monoisotopic (exact) mass is 268 g/mol. The molecule has 0 aliphatic carbocycles. The maximum Gasteiger partial charge on any atom is 0.0715 e. The maximum absolute atomic E-state index is 5.83. The summed E-state index contributed by atoms with van der Waals surface area (Å²) >= 11 is 0. The van der Waals surface area contributed by atoms with Crippen LogP contribution in [0.3, 0.4) is 0 Å². The van der Waals surface area contributed by atoms with E-state index in [1.807, 2.05) is 0 Å². The average Bonchev–Trinajstić information content (AvgIpc) is 2.43. The van der Waals surface area contributed by atoms with Gasteiger partial charge in [0, 0.05) is 0 Å². The molecule has 0 heterocycles. The molecule has 2 aromatic rings. The molecule has 20 heavy (non-hydrogen) atoms. The minimum atomic E-state index is 0.0431. The molecule has 2 rings (SSSR count). The minimum Gasteiger partial charge on any atom is -0.271 e. The highest BCUT2D eigenvalue weighted by Gasteiger charge is 2.17. The summed E-state index contributed by atoms with van der Waals surface area (Å²) in [5.74, 6) is 5.83. The van der Waals surface area contributed by atoms with E-state index in [1.54, 1.807) is 0 Å². The second-order valence-corrected chi connectivity index (χ2v) is 5.51. The van der Waals surface area contributed by atoms with Gasteiger partial charge in [0.2, 0.25) is 0 Å². The minimum absolute atomic E-state index is 0.0431. The summed E-state index contributed by atoms with van der Waals surface area (Å²) < 4.78 is 0. The molecule has 106 valence electrons. The van der Waals surface area contributed by atoms with Gasteiger partial charge >= 0.3 is 0 Å². The van der Waals surface area contributed by atoms with Gasteiger partial charge in [-0.2, -0.15) is 0 Å². The number of hydrazine groups is 1. The molecule has 2 heteroatoms. The summed E-state index contributed by atoms with van der Waals surface area (Å²) in [7, 11) is 0. The van der Waals surface area contributed by atoms with E-state index in [9.17, 15) is 0 Å². The number of hydrogen-bond acceptors (Lipinski definition) is 2. The van der Waals surface area contributed by atoms with E-state index < -0.39 is 0 Å². The van der Waals surface area contributed by atoms with Crippen LogP contribution in [0.4, 0.5) is 0 Å². The molecule has 2 aromatic carbocycles. The predicted octanol–water partition coefficient (Wildman–Crippen LogP) is 3.73. The van der Waals surface area contributed by atoms with Crippen LogP contribution in [-0.2, 0) is 6.42 Å². The molecular formula is C18H24N2. The van der Waals surface area contributed by atoms with Gasteiger partial charge < -0.3 is 0 Å². The molecule has 1 atom stereocenters. The zero-order valence-corrected chi connectivity index (χ0v) is 12.8. The lowest BCUT2D eigenvalue weighted by molar-refractivity contribution is 0.630. The molecule has 3 N–H and O–H groups in total. The van der Waals surface area contributed by atoms with Gasteiger partial charge in [-0.15, -0.1) is 0 Å². The fourth-order valence-electron chi connectivity index (χ4n) is 2.94. The van der Waals surface area contributed by atoms with Gasteiger partial charge in [0.15, 0.2) is 0 Å². The van der Waals surface area contributed by atoms with E-state index in [2.05, 4.69) is 69.5 Å². The number of nitrogens with two attached hydrogens (primary N) is 1. The molecule has 0 saturated carbocycles. The van der Waals surface area contributed by atoms with Gasteiger partial charge in [0.05, 0.1) is 6.04 Å². The van der Waals surface area contributed by atoms with Crippen molar-refractivity contribution in [3.63, 3.8) is 0 Å². The van der Waals surface area contributed by atoms with Gasteiger partial charge in [-0.25, -0.2) is 5.43 Å². The Balaban J connectivity index is 2.46. The highest BCUT2D eigenvalue weighted by atomic mass is 15.2. The lowest BCUT2D eigenvalue weighted by atomic mass is 9.90. The van der Waals surface area contributed by atoms with Crippen molar-refractivity contribution in [3.05, 3.63) is 69.8 Å². The third-order valence-corrected chi connectivity index (χ3v) is 3.91. The second kappa shape index (κ2) is 6.21. The lowest BCUT2D eigenvalue weighted by Crippen LogP contribution is -2.30. The van der Waals surface area contributed by atoms with Gasteiger partial charge in [-0.1, -0.05) is 48.9 Å². The first-order valence-electron chi connectivity index (χ1n) is 7.19. The van der Waals surface area contributed by atoms with Crippen molar-refractivity contribution in [1.82, 2.24) is 5.43 Å². The molecule has 1 unspecified atom stereocenters. The van der Waals surface area contributed by atoms with E-state index in [4.69, 9.17) is 5.84 Å². The van der Waals surface area contributed by atoms with Crippen LogP contribution in [-0.4, -0.2) is 0 Å². The Kier molecular flexibility index (Phi) is 4.58. The summed E-state index contributed by atoms with van der Waals surface area (Å²) in [6, 6.07) is 13.2. The number of nitrogens with one attached hydrogen (secondary N) is 1. The molecule has 0 aliphatic heterocycles. The van der Waals surface area contributed by atoms with E-state index >= 15 is 0 Å². The fraction of sp³-hybridized carbons (Fsp3) is 0.333. The first-order chi connectivity index (χ1) is 9.56. The maximum atomic E-state index is 5.83. The van der Waals surface area contributed by atoms with E-state index in [0.29, 0.717) is 0 Å². The first kappa shape index (κ1) is 14.8. The Morgan fingerprint density at radius 1 is 1.00 bits per heavy atom. The second-order valence-electron chi connectivity index (χ2n) is 5.51. The van der Waals surface area contributed by atoms with Crippen molar-refractivity contribution in [2.75, 3.05) is 0 Å². The van der Waals surface area contributed by atoms with Crippen molar-refractivity contribution in [1.29, 1.82) is 0 Å². The van der Waals surface area contributed by atoms with Gasteiger partial charge in [0.25, 0.3) is 0 Å². The van der Waals surface area contributed by atoms with Crippen LogP contribution in [0, 0.1) is 20.8 Å². The smallest absolute Gasteiger partial charge is 0.0715 e. The highest BCUT2D eigenvalue weighted by Crippen LogP contribution is 2.28. The zero-order chi connectivity index (χ0) is 14.7. The summed E-state index contributed by atoms with van der Waals surface area (Å²) in [6.45, 7) is 8.60. The molecule has 0 saturated heterocycles. The van der Waals surface area contributed by atoms with Crippen molar-refractivity contribution in [2.24, 2.45) is 5.84 Å². The van der Waals surface area contributed by atoms with Crippen LogP contribution < -0.4 is 11.3 Å². The SMILES string of the molecule is CCc1ccc(C(NN)c2c(C)cc(C)cc2C)cc1. The van der Waals surface area contributed by atoms with E-state index in [0.717, 1.165) is 6.42 Å². The number of hydrogen-bond donors (Lipinski definition) is 2. The molecule has 0 amide bonds. The molecule has 0 spiro atoms. The molecule has 0 fully saturated rings. The Morgan fingerprint density at radius 3 is 2.00 bits per heavy atom. The fourth-order valence-corrected chi connectivity index (χ4v) is 2.94. The van der Waals surface area contributed by atoms with Crippen LogP contribution in [0.1, 0.15) is 46.3 Å². The van der Waals surface area contributed by atoms with Crippen molar-refractivity contribution >= 4 is 0 Å². The zero-order valence-electron chi connectivity index (χ0n) is 12.8. The van der Waals surface area contributed by atoms with Gasteiger partial charge in [-0.05, 0) is 55.0 Å². The Morgan fingerprint density at radius 2 is 1.55 bits per heavy atom. The number of rotatable bonds is 4. The van der Waals surface area contributed by atoms with Crippen LogP contribution in [0.15, 0.2) is 36.4 Å². The predicted molar refractivity (Wildman–Crippen MR) is 85.6 cm³/mol. The standard InChI is InChI=1S/C18H24N2/c1-5-15-6-8-16(9-7-15)18(20-19)17-13(3)10-12(2)11-14(17)4/h6-11,18,20H,5,19H2,1-4H3. The molecule has 0 bridgehead atoms. The molecule has 2 nitrogen and oxygen atoms in total. The molecule has 0 aliphatic rings. The first-order valence-corrected chi connectivity index (χ1v) is 7.19.